The molecule has 1 aliphatic carbocycles. The third-order valence-corrected chi connectivity index (χ3v) is 5.18. The maximum Gasteiger partial charge on any atom is 0.0739 e. The Kier molecular flexibility index (Phi) is 3.85. The first kappa shape index (κ1) is 14.2. The van der Waals surface area contributed by atoms with Crippen molar-refractivity contribution in [2.24, 2.45) is 0 Å². The molecule has 1 saturated heterocycles. The Hall–Kier alpha value is -1.45. The van der Waals surface area contributed by atoms with E-state index in [4.69, 9.17) is 4.98 Å². The highest BCUT2D eigenvalue weighted by atomic mass is 79.9. The molecular weight excluding hydrogens is 336 g/mol. The molecule has 0 radical (unpaired) electrons. The number of nitrogens with one attached hydrogen (secondary N) is 1. The molecule has 0 saturated carbocycles. The molecule has 1 aromatic carbocycles. The molecule has 2 aliphatic rings. The molecule has 0 spiro atoms. The minimum absolute atomic E-state index is 1.07. The van der Waals surface area contributed by atoms with Crippen LogP contribution in [-0.4, -0.2) is 18.1 Å². The lowest BCUT2D eigenvalue weighted by atomic mass is 9.89. The molecule has 2 nitrogen and oxygen atoms in total. The van der Waals surface area contributed by atoms with E-state index in [-0.39, 0.29) is 0 Å². The molecule has 0 atom stereocenters. The largest absolute Gasteiger partial charge is 0.316 e. The summed E-state index contributed by atoms with van der Waals surface area (Å²) in [5.41, 5.74) is 8.38. The van der Waals surface area contributed by atoms with Crippen LogP contribution in [-0.2, 0) is 12.8 Å². The van der Waals surface area contributed by atoms with Gasteiger partial charge in [-0.2, -0.15) is 0 Å². The fourth-order valence-electron chi connectivity index (χ4n) is 3.61. The minimum Gasteiger partial charge on any atom is -0.316 e. The summed E-state index contributed by atoms with van der Waals surface area (Å²) >= 11 is 3.63. The standard InChI is InChI=1S/C19H19BrN2/c20-16-5-6-17-15(12-16)4-3-14-2-1-9-22-19(14)18(17)13-7-10-21-11-8-13/h1-2,5-6,9,12,21H,3-4,7-8,10-11H2. The van der Waals surface area contributed by atoms with Crippen molar-refractivity contribution in [3.63, 3.8) is 0 Å². The van der Waals surface area contributed by atoms with E-state index in [2.05, 4.69) is 51.6 Å². The molecule has 22 heavy (non-hydrogen) atoms. The molecule has 1 fully saturated rings. The summed E-state index contributed by atoms with van der Waals surface area (Å²) in [5, 5.41) is 3.46. The Balaban J connectivity index is 1.98. The topological polar surface area (TPSA) is 24.9 Å². The van der Waals surface area contributed by atoms with Crippen molar-refractivity contribution in [2.45, 2.75) is 25.7 Å². The van der Waals surface area contributed by atoms with Gasteiger partial charge < -0.3 is 5.32 Å². The van der Waals surface area contributed by atoms with Crippen LogP contribution in [0.15, 0.2) is 46.6 Å². The first-order valence-electron chi connectivity index (χ1n) is 7.99. The molecular formula is C19H19BrN2. The molecule has 112 valence electrons. The third-order valence-electron chi connectivity index (χ3n) is 4.69. The van der Waals surface area contributed by atoms with Crippen LogP contribution in [0.5, 0.6) is 0 Å². The van der Waals surface area contributed by atoms with Gasteiger partial charge in [-0.15, -0.1) is 0 Å². The Morgan fingerprint density at radius 3 is 2.64 bits per heavy atom. The molecule has 3 heteroatoms. The SMILES string of the molecule is Brc1ccc2c(c1)CCc1cccnc1C2=C1CCNCC1. The van der Waals surface area contributed by atoms with E-state index in [1.807, 2.05) is 6.20 Å². The van der Waals surface area contributed by atoms with Gasteiger partial charge in [-0.3, -0.25) is 4.98 Å². The Morgan fingerprint density at radius 2 is 1.77 bits per heavy atom. The molecule has 2 aromatic rings. The van der Waals surface area contributed by atoms with Crippen LogP contribution in [0.2, 0.25) is 0 Å². The van der Waals surface area contributed by atoms with Crippen molar-refractivity contribution in [3.05, 3.63) is 69.0 Å². The Bertz CT molecular complexity index is 741. The van der Waals surface area contributed by atoms with E-state index < -0.39 is 0 Å². The number of halogens is 1. The van der Waals surface area contributed by atoms with Crippen LogP contribution in [0.3, 0.4) is 0 Å². The van der Waals surface area contributed by atoms with Gasteiger partial charge in [-0.25, -0.2) is 0 Å². The van der Waals surface area contributed by atoms with Gasteiger partial charge >= 0.3 is 0 Å². The fraction of sp³-hybridized carbons (Fsp3) is 0.316. The van der Waals surface area contributed by atoms with Crippen molar-refractivity contribution in [1.29, 1.82) is 0 Å². The van der Waals surface area contributed by atoms with Crippen LogP contribution in [0.1, 0.15) is 35.2 Å². The lowest BCUT2D eigenvalue weighted by Gasteiger charge is -2.21. The molecule has 1 aromatic heterocycles. The summed E-state index contributed by atoms with van der Waals surface area (Å²) in [6.45, 7) is 2.15. The van der Waals surface area contributed by atoms with Gasteiger partial charge in [0.2, 0.25) is 0 Å². The second-order valence-electron chi connectivity index (χ2n) is 6.04. The van der Waals surface area contributed by atoms with Crippen molar-refractivity contribution < 1.29 is 0 Å². The van der Waals surface area contributed by atoms with Crippen molar-refractivity contribution >= 4 is 21.5 Å². The van der Waals surface area contributed by atoms with Crippen LogP contribution in [0.4, 0.5) is 0 Å². The van der Waals surface area contributed by atoms with Crippen molar-refractivity contribution in [1.82, 2.24) is 10.3 Å². The van der Waals surface area contributed by atoms with Gasteiger partial charge in [0.25, 0.3) is 0 Å². The number of hydrogen-bond donors (Lipinski definition) is 1. The number of pyridine rings is 1. The van der Waals surface area contributed by atoms with Crippen LogP contribution >= 0.6 is 15.9 Å². The normalized spacial score (nSPS) is 17.7. The van der Waals surface area contributed by atoms with E-state index in [1.165, 1.54) is 32.4 Å². The summed E-state index contributed by atoms with van der Waals surface area (Å²) in [4.78, 5) is 4.77. The minimum atomic E-state index is 1.07. The zero-order valence-corrected chi connectivity index (χ0v) is 14.1. The average Bonchev–Trinajstić information content (AvgIpc) is 2.72. The first-order valence-corrected chi connectivity index (χ1v) is 8.78. The molecule has 4 rings (SSSR count). The zero-order valence-electron chi connectivity index (χ0n) is 12.5. The number of aromatic nitrogens is 1. The zero-order chi connectivity index (χ0) is 14.9. The second kappa shape index (κ2) is 5.98. The Morgan fingerprint density at radius 1 is 0.955 bits per heavy atom. The summed E-state index contributed by atoms with van der Waals surface area (Å²) in [7, 11) is 0. The smallest absolute Gasteiger partial charge is 0.0739 e. The number of nitrogens with zero attached hydrogens (tertiary/aromatic N) is 1. The number of fused-ring (bicyclic) bond motifs is 2. The lowest BCUT2D eigenvalue weighted by Crippen LogP contribution is -2.24. The Labute approximate surface area is 139 Å². The quantitative estimate of drug-likeness (QED) is 0.769. The predicted octanol–water partition coefficient (Wildman–Crippen LogP) is 4.13. The maximum absolute atomic E-state index is 4.77. The van der Waals surface area contributed by atoms with Gasteiger partial charge in [-0.1, -0.05) is 33.6 Å². The fourth-order valence-corrected chi connectivity index (χ4v) is 4.02. The highest BCUT2D eigenvalue weighted by Gasteiger charge is 2.23. The van der Waals surface area contributed by atoms with E-state index in [9.17, 15) is 0 Å². The molecule has 0 unspecified atom stereocenters. The highest BCUT2D eigenvalue weighted by Crippen LogP contribution is 2.37. The van der Waals surface area contributed by atoms with Gasteiger partial charge in [0, 0.05) is 16.2 Å². The third kappa shape index (κ3) is 2.53. The van der Waals surface area contributed by atoms with E-state index in [0.717, 1.165) is 38.8 Å². The van der Waals surface area contributed by atoms with Crippen molar-refractivity contribution in [3.8, 4) is 0 Å². The average molecular weight is 355 g/mol. The number of hydrogen-bond acceptors (Lipinski definition) is 2. The molecule has 2 heterocycles. The first-order chi connectivity index (χ1) is 10.8. The van der Waals surface area contributed by atoms with Gasteiger partial charge in [0.15, 0.2) is 0 Å². The molecule has 0 bridgehead atoms. The van der Waals surface area contributed by atoms with E-state index in [0.29, 0.717) is 0 Å². The summed E-state index contributed by atoms with van der Waals surface area (Å²) in [6, 6.07) is 11.0. The van der Waals surface area contributed by atoms with Gasteiger partial charge in [0.1, 0.15) is 0 Å². The second-order valence-corrected chi connectivity index (χ2v) is 6.96. The van der Waals surface area contributed by atoms with E-state index >= 15 is 0 Å². The number of piperidine rings is 1. The number of rotatable bonds is 0. The van der Waals surface area contributed by atoms with Crippen LogP contribution < -0.4 is 5.32 Å². The highest BCUT2D eigenvalue weighted by molar-refractivity contribution is 9.10. The number of aryl methyl sites for hydroxylation is 2. The monoisotopic (exact) mass is 354 g/mol. The van der Waals surface area contributed by atoms with Crippen LogP contribution in [0, 0.1) is 0 Å². The molecule has 1 N–H and O–H groups in total. The van der Waals surface area contributed by atoms with Crippen LogP contribution in [0.25, 0.3) is 5.57 Å². The lowest BCUT2D eigenvalue weighted by molar-refractivity contribution is 0.611. The maximum atomic E-state index is 4.77. The summed E-state index contributed by atoms with van der Waals surface area (Å²) in [5.74, 6) is 0. The molecule has 1 aliphatic heterocycles. The number of benzene rings is 1. The predicted molar refractivity (Wildman–Crippen MR) is 93.9 cm³/mol. The van der Waals surface area contributed by atoms with Gasteiger partial charge in [0.05, 0.1) is 5.69 Å². The van der Waals surface area contributed by atoms with E-state index in [1.54, 1.807) is 5.57 Å². The molecule has 0 amide bonds. The summed E-state index contributed by atoms with van der Waals surface area (Å²) < 4.78 is 1.17. The van der Waals surface area contributed by atoms with Gasteiger partial charge in [-0.05, 0) is 73.7 Å². The summed E-state index contributed by atoms with van der Waals surface area (Å²) in [6.07, 6.45) is 6.34. The van der Waals surface area contributed by atoms with Crippen molar-refractivity contribution in [2.75, 3.05) is 13.1 Å².